The van der Waals surface area contributed by atoms with E-state index in [2.05, 4.69) is 10.3 Å². The second-order valence-electron chi connectivity index (χ2n) is 5.42. The molecule has 8 heteroatoms. The Morgan fingerprint density at radius 3 is 2.30 bits per heavy atom. The highest BCUT2D eigenvalue weighted by molar-refractivity contribution is 5.93. The Kier molecular flexibility index (Phi) is 6.87. The first-order valence-electron chi connectivity index (χ1n) is 8.06. The van der Waals surface area contributed by atoms with Crippen LogP contribution in [0.25, 0.3) is 0 Å². The number of anilines is 1. The summed E-state index contributed by atoms with van der Waals surface area (Å²) in [5, 5.41) is 2.99. The van der Waals surface area contributed by atoms with E-state index >= 15 is 0 Å². The number of methoxy groups -OCH3 is 4. The molecule has 0 spiro atoms. The summed E-state index contributed by atoms with van der Waals surface area (Å²) in [5.41, 5.74) is 7.84. The molecule has 2 aromatic carbocycles. The lowest BCUT2D eigenvalue weighted by atomic mass is 10.1. The van der Waals surface area contributed by atoms with Crippen LogP contribution in [0.2, 0.25) is 0 Å². The summed E-state index contributed by atoms with van der Waals surface area (Å²) in [4.78, 5) is 16.0. The van der Waals surface area contributed by atoms with E-state index in [0.29, 0.717) is 35.0 Å². The molecule has 0 bridgehead atoms. The number of benzene rings is 2. The zero-order valence-corrected chi connectivity index (χ0v) is 15.7. The number of nitrogens with two attached hydrogens (primary N) is 1. The van der Waals surface area contributed by atoms with Crippen molar-refractivity contribution in [1.29, 1.82) is 0 Å². The van der Waals surface area contributed by atoms with Crippen molar-refractivity contribution in [3.63, 3.8) is 0 Å². The van der Waals surface area contributed by atoms with Gasteiger partial charge in [-0.2, -0.15) is 0 Å². The van der Waals surface area contributed by atoms with Crippen LogP contribution >= 0.6 is 0 Å². The zero-order chi connectivity index (χ0) is 19.8. The molecule has 8 nitrogen and oxygen atoms in total. The maximum absolute atomic E-state index is 11.7. The summed E-state index contributed by atoms with van der Waals surface area (Å²) in [7, 11) is 5.94. The molecule has 0 amide bonds. The number of nitrogens with one attached hydrogen (secondary N) is 1. The van der Waals surface area contributed by atoms with E-state index in [1.807, 2.05) is 0 Å². The predicted octanol–water partition coefficient (Wildman–Crippen LogP) is 2.43. The third-order valence-corrected chi connectivity index (χ3v) is 3.76. The van der Waals surface area contributed by atoms with Crippen molar-refractivity contribution >= 4 is 17.6 Å². The van der Waals surface area contributed by atoms with Gasteiger partial charge in [-0.25, -0.2) is 9.79 Å². The third-order valence-electron chi connectivity index (χ3n) is 3.76. The van der Waals surface area contributed by atoms with Crippen LogP contribution in [0.15, 0.2) is 41.4 Å². The molecule has 2 rings (SSSR count). The van der Waals surface area contributed by atoms with Gasteiger partial charge in [0.05, 0.1) is 35.0 Å². The SMILES string of the molecule is COC(=O)c1ccc(CN=C(N)Nc2ccc(OC)c(OC)c2)cc1OC. The molecule has 0 unspecified atom stereocenters. The van der Waals surface area contributed by atoms with E-state index in [1.165, 1.54) is 14.2 Å². The smallest absolute Gasteiger partial charge is 0.341 e. The molecule has 3 N–H and O–H groups in total. The molecule has 0 atom stereocenters. The van der Waals surface area contributed by atoms with Crippen LogP contribution in [-0.4, -0.2) is 40.4 Å². The van der Waals surface area contributed by atoms with Crippen molar-refractivity contribution in [2.45, 2.75) is 6.54 Å². The standard InChI is InChI=1S/C19H23N3O5/c1-24-15-8-6-13(10-17(15)26-3)22-19(20)21-11-12-5-7-14(18(23)27-4)16(9-12)25-2/h5-10H,11H2,1-4H3,(H3,20,21,22). The molecule has 0 aliphatic heterocycles. The minimum absolute atomic E-state index is 0.234. The van der Waals surface area contributed by atoms with Crippen molar-refractivity contribution in [3.05, 3.63) is 47.5 Å². The van der Waals surface area contributed by atoms with E-state index in [9.17, 15) is 4.79 Å². The molecule has 0 aromatic heterocycles. The average Bonchev–Trinajstić information content (AvgIpc) is 2.71. The molecule has 0 radical (unpaired) electrons. The molecule has 0 heterocycles. The lowest BCUT2D eigenvalue weighted by Gasteiger charge is -2.11. The van der Waals surface area contributed by atoms with Crippen molar-refractivity contribution in [2.24, 2.45) is 10.7 Å². The van der Waals surface area contributed by atoms with E-state index in [-0.39, 0.29) is 5.96 Å². The minimum atomic E-state index is -0.462. The number of hydrogen-bond donors (Lipinski definition) is 2. The first-order valence-corrected chi connectivity index (χ1v) is 8.06. The maximum Gasteiger partial charge on any atom is 0.341 e. The third kappa shape index (κ3) is 5.04. The van der Waals surface area contributed by atoms with Gasteiger partial charge in [-0.1, -0.05) is 6.07 Å². The molecule has 0 aliphatic carbocycles. The summed E-state index contributed by atoms with van der Waals surface area (Å²) >= 11 is 0. The molecular weight excluding hydrogens is 350 g/mol. The van der Waals surface area contributed by atoms with E-state index in [1.54, 1.807) is 50.6 Å². The van der Waals surface area contributed by atoms with Crippen LogP contribution in [0.1, 0.15) is 15.9 Å². The molecule has 0 fully saturated rings. The Bertz CT molecular complexity index is 836. The molecule has 0 saturated carbocycles. The monoisotopic (exact) mass is 373 g/mol. The van der Waals surface area contributed by atoms with Gasteiger partial charge in [-0.05, 0) is 29.8 Å². The number of carbonyl (C=O) groups excluding carboxylic acids is 1. The second kappa shape index (κ2) is 9.33. The summed E-state index contributed by atoms with van der Waals surface area (Å²) < 4.78 is 20.4. The average molecular weight is 373 g/mol. The number of ether oxygens (including phenoxy) is 4. The van der Waals surface area contributed by atoms with Crippen molar-refractivity contribution in [1.82, 2.24) is 0 Å². The topological polar surface area (TPSA) is 104 Å². The minimum Gasteiger partial charge on any atom is -0.496 e. The summed E-state index contributed by atoms with van der Waals surface area (Å²) in [5.74, 6) is 1.39. The van der Waals surface area contributed by atoms with Gasteiger partial charge in [0, 0.05) is 11.8 Å². The molecular formula is C19H23N3O5. The lowest BCUT2D eigenvalue weighted by molar-refractivity contribution is 0.0597. The van der Waals surface area contributed by atoms with Gasteiger partial charge >= 0.3 is 5.97 Å². The van der Waals surface area contributed by atoms with Crippen molar-refractivity contribution < 1.29 is 23.7 Å². The Morgan fingerprint density at radius 1 is 0.963 bits per heavy atom. The Balaban J connectivity index is 2.10. The van der Waals surface area contributed by atoms with Gasteiger partial charge < -0.3 is 30.0 Å². The Labute approximate surface area is 157 Å². The quantitative estimate of drug-likeness (QED) is 0.436. The maximum atomic E-state index is 11.7. The van der Waals surface area contributed by atoms with Gasteiger partial charge in [0.25, 0.3) is 0 Å². The number of guanidine groups is 1. The number of aliphatic imine (C=N–C) groups is 1. The summed E-state index contributed by atoms with van der Waals surface area (Å²) in [6.07, 6.45) is 0. The molecule has 2 aromatic rings. The van der Waals surface area contributed by atoms with E-state index < -0.39 is 5.97 Å². The van der Waals surface area contributed by atoms with Crippen molar-refractivity contribution in [2.75, 3.05) is 33.8 Å². The van der Waals surface area contributed by atoms with Crippen LogP contribution in [0.4, 0.5) is 5.69 Å². The number of carbonyl (C=O) groups is 1. The van der Waals surface area contributed by atoms with Crippen LogP contribution in [-0.2, 0) is 11.3 Å². The fraction of sp³-hybridized carbons (Fsp3) is 0.263. The van der Waals surface area contributed by atoms with Crippen LogP contribution in [0, 0.1) is 0 Å². The molecule has 0 aliphatic rings. The fourth-order valence-electron chi connectivity index (χ4n) is 2.39. The second-order valence-corrected chi connectivity index (χ2v) is 5.42. The number of rotatable bonds is 7. The molecule has 27 heavy (non-hydrogen) atoms. The lowest BCUT2D eigenvalue weighted by Crippen LogP contribution is -2.22. The highest BCUT2D eigenvalue weighted by atomic mass is 16.5. The van der Waals surface area contributed by atoms with Gasteiger partial charge in [0.15, 0.2) is 17.5 Å². The largest absolute Gasteiger partial charge is 0.496 e. The summed E-state index contributed by atoms with van der Waals surface area (Å²) in [6.45, 7) is 0.309. The van der Waals surface area contributed by atoms with Crippen LogP contribution < -0.4 is 25.3 Å². The van der Waals surface area contributed by atoms with E-state index in [0.717, 1.165) is 5.56 Å². The fourth-order valence-corrected chi connectivity index (χ4v) is 2.39. The van der Waals surface area contributed by atoms with Crippen LogP contribution in [0.5, 0.6) is 17.2 Å². The van der Waals surface area contributed by atoms with Crippen LogP contribution in [0.3, 0.4) is 0 Å². The van der Waals surface area contributed by atoms with Gasteiger partial charge in [0.2, 0.25) is 0 Å². The number of nitrogens with zero attached hydrogens (tertiary/aromatic N) is 1. The number of hydrogen-bond acceptors (Lipinski definition) is 6. The highest BCUT2D eigenvalue weighted by Crippen LogP contribution is 2.29. The predicted molar refractivity (Wildman–Crippen MR) is 103 cm³/mol. The Morgan fingerprint density at radius 2 is 1.67 bits per heavy atom. The highest BCUT2D eigenvalue weighted by Gasteiger charge is 2.13. The van der Waals surface area contributed by atoms with E-state index in [4.69, 9.17) is 24.7 Å². The first kappa shape index (κ1) is 19.9. The van der Waals surface area contributed by atoms with Gasteiger partial charge in [0.1, 0.15) is 11.3 Å². The molecule has 144 valence electrons. The summed E-state index contributed by atoms with van der Waals surface area (Å²) in [6, 6.07) is 10.5. The first-order chi connectivity index (χ1) is 13.0. The van der Waals surface area contributed by atoms with Gasteiger partial charge in [-0.3, -0.25) is 0 Å². The van der Waals surface area contributed by atoms with Crippen molar-refractivity contribution in [3.8, 4) is 17.2 Å². The zero-order valence-electron chi connectivity index (χ0n) is 15.7. The normalized spacial score (nSPS) is 10.9. The Hall–Kier alpha value is -3.42. The molecule has 0 saturated heterocycles. The van der Waals surface area contributed by atoms with Gasteiger partial charge in [-0.15, -0.1) is 0 Å². The number of esters is 1.